The molecule has 2 N–H and O–H groups in total. The molecule has 1 rings (SSSR count). The van der Waals surface area contributed by atoms with Gasteiger partial charge >= 0.3 is 0 Å². The summed E-state index contributed by atoms with van der Waals surface area (Å²) < 4.78 is 5.61. The lowest BCUT2D eigenvalue weighted by atomic mass is 10.2. The van der Waals surface area contributed by atoms with E-state index in [0.717, 1.165) is 32.0 Å². The summed E-state index contributed by atoms with van der Waals surface area (Å²) in [6.07, 6.45) is 1.06. The Bertz CT molecular complexity index is 352. The van der Waals surface area contributed by atoms with Gasteiger partial charge in [-0.3, -0.25) is 4.99 Å². The standard InChI is InChI=1S/C15H25N3O/c1-3-10-17-15(16-4-2)18-11-12-19-13-14-8-6-5-7-9-14/h5-9H,3-4,10-13H2,1-2H3,(H2,16,17,18). The minimum Gasteiger partial charge on any atom is -0.375 e. The van der Waals surface area contributed by atoms with Crippen LogP contribution < -0.4 is 10.6 Å². The Labute approximate surface area is 116 Å². The van der Waals surface area contributed by atoms with E-state index >= 15 is 0 Å². The van der Waals surface area contributed by atoms with Crippen molar-refractivity contribution in [2.75, 3.05) is 26.2 Å². The lowest BCUT2D eigenvalue weighted by Gasteiger charge is -2.11. The number of hydrogen-bond acceptors (Lipinski definition) is 2. The molecule has 0 atom stereocenters. The summed E-state index contributed by atoms with van der Waals surface area (Å²) in [7, 11) is 0. The zero-order valence-corrected chi connectivity index (χ0v) is 12.0. The Balaban J connectivity index is 2.14. The molecule has 19 heavy (non-hydrogen) atoms. The molecule has 0 saturated carbocycles. The van der Waals surface area contributed by atoms with Crippen molar-refractivity contribution in [3.8, 4) is 0 Å². The van der Waals surface area contributed by atoms with Gasteiger partial charge in [-0.25, -0.2) is 0 Å². The topological polar surface area (TPSA) is 45.7 Å². The number of nitrogens with one attached hydrogen (secondary N) is 2. The molecule has 0 aliphatic carbocycles. The Morgan fingerprint density at radius 3 is 2.63 bits per heavy atom. The van der Waals surface area contributed by atoms with Crippen LogP contribution >= 0.6 is 0 Å². The van der Waals surface area contributed by atoms with E-state index in [1.54, 1.807) is 0 Å². The molecule has 4 nitrogen and oxygen atoms in total. The molecule has 1 aromatic carbocycles. The van der Waals surface area contributed by atoms with Gasteiger partial charge in [0.05, 0.1) is 13.2 Å². The van der Waals surface area contributed by atoms with Gasteiger partial charge in [0.15, 0.2) is 5.96 Å². The molecule has 4 heteroatoms. The van der Waals surface area contributed by atoms with E-state index in [9.17, 15) is 0 Å². The van der Waals surface area contributed by atoms with Gasteiger partial charge in [0.1, 0.15) is 0 Å². The molecule has 0 radical (unpaired) electrons. The lowest BCUT2D eigenvalue weighted by molar-refractivity contribution is 0.125. The maximum atomic E-state index is 5.61. The summed E-state index contributed by atoms with van der Waals surface area (Å²) in [4.78, 5) is 4.43. The molecular weight excluding hydrogens is 238 g/mol. The molecule has 106 valence electrons. The van der Waals surface area contributed by atoms with E-state index < -0.39 is 0 Å². The van der Waals surface area contributed by atoms with Crippen molar-refractivity contribution in [2.24, 2.45) is 4.99 Å². The Kier molecular flexibility index (Phi) is 8.47. The van der Waals surface area contributed by atoms with Crippen molar-refractivity contribution in [3.05, 3.63) is 35.9 Å². The maximum Gasteiger partial charge on any atom is 0.191 e. The SMILES string of the molecule is CCCN=C(NCC)NCCOCc1ccccc1. The molecule has 0 aromatic heterocycles. The third kappa shape index (κ3) is 7.47. The highest BCUT2D eigenvalue weighted by molar-refractivity contribution is 5.79. The summed E-state index contributed by atoms with van der Waals surface area (Å²) in [6, 6.07) is 10.2. The van der Waals surface area contributed by atoms with Crippen LogP contribution in [0.5, 0.6) is 0 Å². The number of benzene rings is 1. The fourth-order valence-corrected chi connectivity index (χ4v) is 1.57. The van der Waals surface area contributed by atoms with Gasteiger partial charge in [-0.15, -0.1) is 0 Å². The summed E-state index contributed by atoms with van der Waals surface area (Å²) in [6.45, 7) is 8.00. The highest BCUT2D eigenvalue weighted by Crippen LogP contribution is 1.99. The van der Waals surface area contributed by atoms with Crippen molar-refractivity contribution < 1.29 is 4.74 Å². The molecule has 0 aliphatic rings. The molecule has 1 aromatic rings. The average molecular weight is 263 g/mol. The highest BCUT2D eigenvalue weighted by atomic mass is 16.5. The molecule has 0 heterocycles. The molecule has 0 spiro atoms. The van der Waals surface area contributed by atoms with Crippen LogP contribution in [0.1, 0.15) is 25.8 Å². The summed E-state index contributed by atoms with van der Waals surface area (Å²) in [5.74, 6) is 0.868. The second-order valence-electron chi connectivity index (χ2n) is 4.23. The van der Waals surface area contributed by atoms with Gasteiger partial charge in [0.2, 0.25) is 0 Å². The third-order valence-corrected chi connectivity index (χ3v) is 2.49. The van der Waals surface area contributed by atoms with Gasteiger partial charge in [0.25, 0.3) is 0 Å². The molecule has 0 saturated heterocycles. The van der Waals surface area contributed by atoms with Gasteiger partial charge < -0.3 is 15.4 Å². The van der Waals surface area contributed by atoms with Gasteiger partial charge in [-0.2, -0.15) is 0 Å². The first kappa shape index (κ1) is 15.5. The van der Waals surface area contributed by atoms with E-state index in [1.807, 2.05) is 18.2 Å². The monoisotopic (exact) mass is 263 g/mol. The minimum atomic E-state index is 0.658. The van der Waals surface area contributed by atoms with Crippen LogP contribution in [0.25, 0.3) is 0 Å². The number of ether oxygens (including phenoxy) is 1. The van der Waals surface area contributed by atoms with Gasteiger partial charge in [-0.1, -0.05) is 37.3 Å². The number of rotatable bonds is 8. The van der Waals surface area contributed by atoms with Crippen LogP contribution in [0.3, 0.4) is 0 Å². The second-order valence-corrected chi connectivity index (χ2v) is 4.23. The summed E-state index contributed by atoms with van der Waals surface area (Å²) in [5, 5.41) is 6.46. The Hall–Kier alpha value is -1.55. The van der Waals surface area contributed by atoms with E-state index in [4.69, 9.17) is 4.74 Å². The first-order chi connectivity index (χ1) is 9.36. The van der Waals surface area contributed by atoms with Gasteiger partial charge in [-0.05, 0) is 18.9 Å². The normalized spacial score (nSPS) is 11.4. The number of hydrogen-bond donors (Lipinski definition) is 2. The Morgan fingerprint density at radius 1 is 1.16 bits per heavy atom. The molecule has 0 amide bonds. The van der Waals surface area contributed by atoms with Crippen molar-refractivity contribution in [1.29, 1.82) is 0 Å². The van der Waals surface area contributed by atoms with E-state index in [1.165, 1.54) is 5.56 Å². The van der Waals surface area contributed by atoms with Crippen LogP contribution in [0, 0.1) is 0 Å². The van der Waals surface area contributed by atoms with Crippen molar-refractivity contribution in [1.82, 2.24) is 10.6 Å². The predicted octanol–water partition coefficient (Wildman–Crippen LogP) is 2.17. The van der Waals surface area contributed by atoms with Crippen molar-refractivity contribution in [2.45, 2.75) is 26.9 Å². The molecular formula is C15H25N3O. The first-order valence-electron chi connectivity index (χ1n) is 7.00. The van der Waals surface area contributed by atoms with E-state index in [-0.39, 0.29) is 0 Å². The first-order valence-corrected chi connectivity index (χ1v) is 7.00. The third-order valence-electron chi connectivity index (χ3n) is 2.49. The maximum absolute atomic E-state index is 5.61. The summed E-state index contributed by atoms with van der Waals surface area (Å²) in [5.41, 5.74) is 1.20. The molecule has 0 aliphatic heterocycles. The fourth-order valence-electron chi connectivity index (χ4n) is 1.57. The smallest absolute Gasteiger partial charge is 0.191 e. The summed E-state index contributed by atoms with van der Waals surface area (Å²) >= 11 is 0. The highest BCUT2D eigenvalue weighted by Gasteiger charge is 1.96. The van der Waals surface area contributed by atoms with E-state index in [0.29, 0.717) is 13.2 Å². The lowest BCUT2D eigenvalue weighted by Crippen LogP contribution is -2.39. The number of guanidine groups is 1. The quantitative estimate of drug-likeness (QED) is 0.429. The molecule has 0 unspecified atom stereocenters. The minimum absolute atomic E-state index is 0.658. The van der Waals surface area contributed by atoms with Crippen LogP contribution in [0.15, 0.2) is 35.3 Å². The van der Waals surface area contributed by atoms with Crippen LogP contribution in [-0.2, 0) is 11.3 Å². The number of nitrogens with zero attached hydrogens (tertiary/aromatic N) is 1. The van der Waals surface area contributed by atoms with Crippen molar-refractivity contribution in [3.63, 3.8) is 0 Å². The van der Waals surface area contributed by atoms with Gasteiger partial charge in [0, 0.05) is 19.6 Å². The van der Waals surface area contributed by atoms with Crippen LogP contribution in [0.2, 0.25) is 0 Å². The van der Waals surface area contributed by atoms with Crippen molar-refractivity contribution >= 4 is 5.96 Å². The molecule has 0 bridgehead atoms. The predicted molar refractivity (Wildman–Crippen MR) is 80.4 cm³/mol. The molecule has 0 fully saturated rings. The fraction of sp³-hybridized carbons (Fsp3) is 0.533. The van der Waals surface area contributed by atoms with Crippen LogP contribution in [0.4, 0.5) is 0 Å². The van der Waals surface area contributed by atoms with E-state index in [2.05, 4.69) is 41.6 Å². The largest absolute Gasteiger partial charge is 0.375 e. The Morgan fingerprint density at radius 2 is 1.95 bits per heavy atom. The zero-order valence-electron chi connectivity index (χ0n) is 12.0. The second kappa shape index (κ2) is 10.4. The zero-order chi connectivity index (χ0) is 13.8. The van der Waals surface area contributed by atoms with Crippen LogP contribution in [-0.4, -0.2) is 32.2 Å². The number of aliphatic imine (C=N–C) groups is 1. The average Bonchev–Trinajstić information content (AvgIpc) is 2.45.